The van der Waals surface area contributed by atoms with Crippen molar-refractivity contribution < 1.29 is 0 Å². The quantitative estimate of drug-likeness (QED) is 0.773. The van der Waals surface area contributed by atoms with Crippen LogP contribution in [0.1, 0.15) is 17.7 Å². The largest absolute Gasteiger partial charge is 0.363 e. The molecule has 1 aliphatic heterocycles. The standard InChI is InChI=1S/C9H9BrN2S/c10-7-5-9(13-8(7)6-11)12-3-1-2-4-12/h5H,1-4H2. The average molecular weight is 257 g/mol. The second kappa shape index (κ2) is 3.69. The van der Waals surface area contributed by atoms with Gasteiger partial charge in [0, 0.05) is 17.6 Å². The topological polar surface area (TPSA) is 27.0 Å². The van der Waals surface area contributed by atoms with Gasteiger partial charge in [-0.25, -0.2) is 0 Å². The molecule has 4 heteroatoms. The number of halogens is 1. The molecular formula is C9H9BrN2S. The van der Waals surface area contributed by atoms with E-state index in [0.717, 1.165) is 22.4 Å². The van der Waals surface area contributed by atoms with Crippen molar-refractivity contribution in [2.75, 3.05) is 18.0 Å². The van der Waals surface area contributed by atoms with Crippen molar-refractivity contribution in [2.24, 2.45) is 0 Å². The fourth-order valence-electron chi connectivity index (χ4n) is 1.53. The predicted octanol–water partition coefficient (Wildman–Crippen LogP) is 2.98. The fraction of sp³-hybridized carbons (Fsp3) is 0.444. The Kier molecular flexibility index (Phi) is 2.56. The summed E-state index contributed by atoms with van der Waals surface area (Å²) in [6, 6.07) is 4.23. The summed E-state index contributed by atoms with van der Waals surface area (Å²) in [5.74, 6) is 0. The van der Waals surface area contributed by atoms with Crippen LogP contribution in [0.3, 0.4) is 0 Å². The zero-order valence-corrected chi connectivity index (χ0v) is 9.49. The van der Waals surface area contributed by atoms with Gasteiger partial charge in [0.25, 0.3) is 0 Å². The number of nitrogens with zero attached hydrogens (tertiary/aromatic N) is 2. The van der Waals surface area contributed by atoms with Crippen molar-refractivity contribution in [2.45, 2.75) is 12.8 Å². The van der Waals surface area contributed by atoms with Crippen LogP contribution in [0.5, 0.6) is 0 Å². The highest BCUT2D eigenvalue weighted by Crippen LogP contribution is 2.34. The third kappa shape index (κ3) is 1.72. The fourth-order valence-corrected chi connectivity index (χ4v) is 3.13. The van der Waals surface area contributed by atoms with Crippen LogP contribution in [0, 0.1) is 11.3 Å². The monoisotopic (exact) mass is 256 g/mol. The van der Waals surface area contributed by atoms with Gasteiger partial charge in [0.1, 0.15) is 10.9 Å². The van der Waals surface area contributed by atoms with E-state index in [0.29, 0.717) is 0 Å². The van der Waals surface area contributed by atoms with Crippen LogP contribution in [0.4, 0.5) is 5.00 Å². The molecule has 0 N–H and O–H groups in total. The summed E-state index contributed by atoms with van der Waals surface area (Å²) in [4.78, 5) is 3.12. The normalized spacial score (nSPS) is 16.2. The maximum absolute atomic E-state index is 8.79. The summed E-state index contributed by atoms with van der Waals surface area (Å²) in [6.07, 6.45) is 2.55. The van der Waals surface area contributed by atoms with Gasteiger partial charge in [-0.15, -0.1) is 11.3 Å². The Bertz CT molecular complexity index is 347. The van der Waals surface area contributed by atoms with Crippen molar-refractivity contribution in [3.05, 3.63) is 15.4 Å². The average Bonchev–Trinajstić information content (AvgIpc) is 2.71. The van der Waals surface area contributed by atoms with Gasteiger partial charge in [-0.2, -0.15) is 5.26 Å². The summed E-state index contributed by atoms with van der Waals surface area (Å²) in [6.45, 7) is 2.27. The van der Waals surface area contributed by atoms with Gasteiger partial charge >= 0.3 is 0 Å². The molecule has 1 saturated heterocycles. The van der Waals surface area contributed by atoms with Crippen LogP contribution in [-0.4, -0.2) is 13.1 Å². The first-order valence-corrected chi connectivity index (χ1v) is 5.86. The van der Waals surface area contributed by atoms with Gasteiger partial charge in [-0.3, -0.25) is 0 Å². The summed E-state index contributed by atoms with van der Waals surface area (Å²) >= 11 is 4.96. The molecule has 2 rings (SSSR count). The van der Waals surface area contributed by atoms with Crippen molar-refractivity contribution in [3.63, 3.8) is 0 Å². The SMILES string of the molecule is N#Cc1sc(N2CCCC2)cc1Br. The molecule has 0 bridgehead atoms. The van der Waals surface area contributed by atoms with Crippen LogP contribution >= 0.6 is 27.3 Å². The molecule has 13 heavy (non-hydrogen) atoms. The van der Waals surface area contributed by atoms with E-state index < -0.39 is 0 Å². The highest BCUT2D eigenvalue weighted by molar-refractivity contribution is 9.10. The summed E-state index contributed by atoms with van der Waals surface area (Å²) in [5, 5.41) is 10.0. The number of hydrogen-bond donors (Lipinski definition) is 0. The van der Waals surface area contributed by atoms with E-state index in [-0.39, 0.29) is 0 Å². The molecule has 1 fully saturated rings. The summed E-state index contributed by atoms with van der Waals surface area (Å²) in [5.41, 5.74) is 0. The first kappa shape index (κ1) is 9.04. The molecular weight excluding hydrogens is 248 g/mol. The van der Waals surface area contributed by atoms with Crippen molar-refractivity contribution in [3.8, 4) is 6.07 Å². The van der Waals surface area contributed by atoms with Gasteiger partial charge < -0.3 is 4.90 Å². The van der Waals surface area contributed by atoms with Crippen molar-refractivity contribution in [1.82, 2.24) is 0 Å². The van der Waals surface area contributed by atoms with Gasteiger partial charge in [0.2, 0.25) is 0 Å². The predicted molar refractivity (Wildman–Crippen MR) is 58.2 cm³/mol. The first-order valence-electron chi connectivity index (χ1n) is 4.25. The van der Waals surface area contributed by atoms with E-state index in [4.69, 9.17) is 5.26 Å². The molecule has 0 spiro atoms. The second-order valence-electron chi connectivity index (χ2n) is 3.07. The van der Waals surface area contributed by atoms with Crippen LogP contribution in [0.15, 0.2) is 10.5 Å². The van der Waals surface area contributed by atoms with E-state index in [1.807, 2.05) is 0 Å². The Balaban J connectivity index is 2.26. The van der Waals surface area contributed by atoms with Gasteiger partial charge in [0.05, 0.1) is 5.00 Å². The molecule has 0 radical (unpaired) electrons. The molecule has 0 aromatic carbocycles. The maximum Gasteiger partial charge on any atom is 0.121 e. The maximum atomic E-state index is 8.79. The minimum atomic E-state index is 0.780. The lowest BCUT2D eigenvalue weighted by Crippen LogP contribution is -2.15. The van der Waals surface area contributed by atoms with E-state index >= 15 is 0 Å². The molecule has 0 unspecified atom stereocenters. The molecule has 68 valence electrons. The van der Waals surface area contributed by atoms with Crippen LogP contribution in [-0.2, 0) is 0 Å². The smallest absolute Gasteiger partial charge is 0.121 e. The van der Waals surface area contributed by atoms with E-state index in [2.05, 4.69) is 33.0 Å². The number of hydrogen-bond acceptors (Lipinski definition) is 3. The molecule has 0 aliphatic carbocycles. The van der Waals surface area contributed by atoms with Crippen molar-refractivity contribution in [1.29, 1.82) is 5.26 Å². The van der Waals surface area contributed by atoms with E-state index in [1.165, 1.54) is 17.8 Å². The zero-order valence-electron chi connectivity index (χ0n) is 7.09. The molecule has 0 saturated carbocycles. The lowest BCUT2D eigenvalue weighted by molar-refractivity contribution is 0.949. The minimum absolute atomic E-state index is 0.780. The third-order valence-electron chi connectivity index (χ3n) is 2.19. The molecule has 1 aromatic heterocycles. The molecule has 1 aliphatic rings. The Morgan fingerprint density at radius 3 is 2.69 bits per heavy atom. The van der Waals surface area contributed by atoms with Gasteiger partial charge in [-0.1, -0.05) is 0 Å². The molecule has 0 atom stereocenters. The van der Waals surface area contributed by atoms with E-state index in [9.17, 15) is 0 Å². The van der Waals surface area contributed by atoms with Crippen molar-refractivity contribution >= 4 is 32.3 Å². The Morgan fingerprint density at radius 2 is 2.15 bits per heavy atom. The van der Waals surface area contributed by atoms with Gasteiger partial charge in [0.15, 0.2) is 0 Å². The van der Waals surface area contributed by atoms with Crippen LogP contribution in [0.25, 0.3) is 0 Å². The Morgan fingerprint density at radius 1 is 1.46 bits per heavy atom. The second-order valence-corrected chi connectivity index (χ2v) is 4.95. The molecule has 1 aromatic rings. The molecule has 2 nitrogen and oxygen atoms in total. The number of nitriles is 1. The summed E-state index contributed by atoms with van der Waals surface area (Å²) in [7, 11) is 0. The highest BCUT2D eigenvalue weighted by atomic mass is 79.9. The van der Waals surface area contributed by atoms with E-state index in [1.54, 1.807) is 11.3 Å². The zero-order chi connectivity index (χ0) is 9.26. The molecule has 0 amide bonds. The lowest BCUT2D eigenvalue weighted by atomic mass is 10.4. The van der Waals surface area contributed by atoms with Crippen LogP contribution < -0.4 is 4.90 Å². The lowest BCUT2D eigenvalue weighted by Gasteiger charge is -2.13. The van der Waals surface area contributed by atoms with Crippen LogP contribution in [0.2, 0.25) is 0 Å². The number of rotatable bonds is 1. The Hall–Kier alpha value is -0.530. The molecule has 2 heterocycles. The highest BCUT2D eigenvalue weighted by Gasteiger charge is 2.16. The number of thiophene rings is 1. The third-order valence-corrected chi connectivity index (χ3v) is 4.18. The first-order chi connectivity index (χ1) is 6.31. The van der Waals surface area contributed by atoms with Gasteiger partial charge in [-0.05, 0) is 34.8 Å². The number of anilines is 1. The Labute approximate surface area is 89.9 Å². The summed E-state index contributed by atoms with van der Waals surface area (Å²) < 4.78 is 0.932. The minimum Gasteiger partial charge on any atom is -0.363 e.